The van der Waals surface area contributed by atoms with Gasteiger partial charge in [-0.15, -0.1) is 0 Å². The van der Waals surface area contributed by atoms with Crippen LogP contribution in [0.4, 0.5) is 0 Å². The fraction of sp³-hybridized carbons (Fsp3) is 0.647. The number of nitrogens with zero attached hydrogens (tertiary/aromatic N) is 1. The molecule has 0 saturated heterocycles. The highest BCUT2D eigenvalue weighted by Crippen LogP contribution is 2.29. The Bertz CT molecular complexity index is 407. The van der Waals surface area contributed by atoms with Crippen LogP contribution in [0.2, 0.25) is 0 Å². The Morgan fingerprint density at radius 2 is 1.84 bits per heavy atom. The van der Waals surface area contributed by atoms with Crippen molar-refractivity contribution in [3.05, 3.63) is 35.4 Å². The van der Waals surface area contributed by atoms with Gasteiger partial charge in [0.1, 0.15) is 0 Å². The molecule has 0 heterocycles. The van der Waals surface area contributed by atoms with E-state index in [0.717, 1.165) is 25.0 Å². The third kappa shape index (κ3) is 4.32. The second-order valence-electron chi connectivity index (χ2n) is 6.39. The van der Waals surface area contributed by atoms with Crippen LogP contribution in [0.5, 0.6) is 0 Å². The Hall–Kier alpha value is -0.860. The lowest BCUT2D eigenvalue weighted by molar-refractivity contribution is 0.312. The third-order valence-electron chi connectivity index (χ3n) is 4.23. The van der Waals surface area contributed by atoms with Gasteiger partial charge < -0.3 is 10.2 Å². The maximum absolute atomic E-state index is 3.61. The first-order valence-electron chi connectivity index (χ1n) is 7.80. The van der Waals surface area contributed by atoms with Gasteiger partial charge in [0.2, 0.25) is 0 Å². The summed E-state index contributed by atoms with van der Waals surface area (Å²) in [6.07, 6.45) is 6.82. The summed E-state index contributed by atoms with van der Waals surface area (Å²) in [4.78, 5) is 2.49. The van der Waals surface area contributed by atoms with Gasteiger partial charge in [-0.3, -0.25) is 0 Å². The van der Waals surface area contributed by atoms with Gasteiger partial charge in [0.15, 0.2) is 0 Å². The van der Waals surface area contributed by atoms with Crippen molar-refractivity contribution in [3.8, 4) is 0 Å². The van der Waals surface area contributed by atoms with Crippen molar-refractivity contribution in [1.82, 2.24) is 10.2 Å². The van der Waals surface area contributed by atoms with E-state index in [0.29, 0.717) is 0 Å². The van der Waals surface area contributed by atoms with Crippen LogP contribution in [0.1, 0.15) is 36.8 Å². The van der Waals surface area contributed by atoms with E-state index in [4.69, 9.17) is 0 Å². The second-order valence-corrected chi connectivity index (χ2v) is 6.39. The van der Waals surface area contributed by atoms with Crippen LogP contribution in [-0.2, 0) is 13.0 Å². The molecule has 1 aromatic carbocycles. The third-order valence-corrected chi connectivity index (χ3v) is 4.23. The molecule has 2 heteroatoms. The molecule has 0 aliphatic heterocycles. The molecular weight excluding hydrogens is 232 g/mol. The standard InChI is InChI=1S/C17H26N2/c1-19(12-14-6-7-14)13-16-5-3-2-4-15(16)10-11-18-17-8-9-17/h2-5,14,17-18H,6-13H2,1H3. The van der Waals surface area contributed by atoms with Crippen LogP contribution in [0.15, 0.2) is 24.3 Å². The number of rotatable bonds is 8. The van der Waals surface area contributed by atoms with E-state index in [-0.39, 0.29) is 0 Å². The predicted molar refractivity (Wildman–Crippen MR) is 80.2 cm³/mol. The number of benzene rings is 1. The molecule has 2 aliphatic carbocycles. The summed E-state index contributed by atoms with van der Waals surface area (Å²) >= 11 is 0. The first-order valence-corrected chi connectivity index (χ1v) is 7.80. The average molecular weight is 258 g/mol. The average Bonchev–Trinajstić information content (AvgIpc) is 3.26. The molecule has 0 amide bonds. The van der Waals surface area contributed by atoms with Crippen molar-refractivity contribution in [2.45, 2.75) is 44.7 Å². The summed E-state index contributed by atoms with van der Waals surface area (Å²) < 4.78 is 0. The maximum atomic E-state index is 3.61. The molecule has 1 N–H and O–H groups in total. The Labute approximate surface area is 117 Å². The molecule has 0 unspecified atom stereocenters. The number of hydrogen-bond donors (Lipinski definition) is 1. The zero-order chi connectivity index (χ0) is 13.1. The largest absolute Gasteiger partial charge is 0.314 e. The van der Waals surface area contributed by atoms with E-state index in [2.05, 4.69) is 41.5 Å². The molecule has 0 radical (unpaired) electrons. The first kappa shape index (κ1) is 13.1. The maximum Gasteiger partial charge on any atom is 0.0233 e. The van der Waals surface area contributed by atoms with Crippen LogP contribution in [-0.4, -0.2) is 31.1 Å². The minimum absolute atomic E-state index is 0.824. The Balaban J connectivity index is 1.52. The van der Waals surface area contributed by atoms with E-state index in [1.807, 2.05) is 0 Å². The molecule has 0 spiro atoms. The predicted octanol–water partition coefficient (Wildman–Crippen LogP) is 2.82. The van der Waals surface area contributed by atoms with E-state index >= 15 is 0 Å². The Morgan fingerprint density at radius 3 is 2.53 bits per heavy atom. The van der Waals surface area contributed by atoms with Crippen molar-refractivity contribution in [2.75, 3.05) is 20.1 Å². The molecule has 2 saturated carbocycles. The van der Waals surface area contributed by atoms with E-state index < -0.39 is 0 Å². The first-order chi connectivity index (χ1) is 9.31. The summed E-state index contributed by atoms with van der Waals surface area (Å²) in [5.41, 5.74) is 3.04. The van der Waals surface area contributed by atoms with E-state index in [9.17, 15) is 0 Å². The summed E-state index contributed by atoms with van der Waals surface area (Å²) in [5.74, 6) is 0.980. The highest BCUT2D eigenvalue weighted by molar-refractivity contribution is 5.27. The number of nitrogens with one attached hydrogen (secondary N) is 1. The number of hydrogen-bond acceptors (Lipinski definition) is 2. The van der Waals surface area contributed by atoms with Crippen LogP contribution < -0.4 is 5.32 Å². The van der Waals surface area contributed by atoms with Gasteiger partial charge in [-0.2, -0.15) is 0 Å². The molecule has 3 rings (SSSR count). The van der Waals surface area contributed by atoms with Gasteiger partial charge in [0.25, 0.3) is 0 Å². The molecule has 0 atom stereocenters. The van der Waals surface area contributed by atoms with Crippen molar-refractivity contribution >= 4 is 0 Å². The van der Waals surface area contributed by atoms with Gasteiger partial charge in [-0.25, -0.2) is 0 Å². The molecule has 104 valence electrons. The van der Waals surface area contributed by atoms with Crippen LogP contribution >= 0.6 is 0 Å². The molecule has 2 aliphatic rings. The highest BCUT2D eigenvalue weighted by Gasteiger charge is 2.23. The van der Waals surface area contributed by atoms with Crippen molar-refractivity contribution < 1.29 is 0 Å². The molecule has 19 heavy (non-hydrogen) atoms. The zero-order valence-corrected chi connectivity index (χ0v) is 12.1. The summed E-state index contributed by atoms with van der Waals surface area (Å²) in [5, 5.41) is 3.61. The highest BCUT2D eigenvalue weighted by atomic mass is 15.1. The lowest BCUT2D eigenvalue weighted by Crippen LogP contribution is -2.23. The second kappa shape index (κ2) is 6.06. The van der Waals surface area contributed by atoms with Crippen molar-refractivity contribution in [2.24, 2.45) is 5.92 Å². The fourth-order valence-electron chi connectivity index (χ4n) is 2.75. The fourth-order valence-corrected chi connectivity index (χ4v) is 2.75. The smallest absolute Gasteiger partial charge is 0.0233 e. The molecular formula is C17H26N2. The lowest BCUT2D eigenvalue weighted by atomic mass is 10.0. The molecule has 1 aromatic rings. The minimum Gasteiger partial charge on any atom is -0.314 e. The van der Waals surface area contributed by atoms with E-state index in [1.54, 1.807) is 0 Å². The SMILES string of the molecule is CN(Cc1ccccc1CCNC1CC1)CC1CC1. The lowest BCUT2D eigenvalue weighted by Gasteiger charge is -2.18. The van der Waals surface area contributed by atoms with Gasteiger partial charge in [-0.1, -0.05) is 24.3 Å². The topological polar surface area (TPSA) is 15.3 Å². The summed E-state index contributed by atoms with van der Waals surface area (Å²) in [7, 11) is 2.26. The van der Waals surface area contributed by atoms with Gasteiger partial charge in [-0.05, 0) is 62.7 Å². The zero-order valence-electron chi connectivity index (χ0n) is 12.1. The normalized spacial score (nSPS) is 19.1. The quantitative estimate of drug-likeness (QED) is 0.771. The summed E-state index contributed by atoms with van der Waals surface area (Å²) in [6.45, 7) is 3.51. The molecule has 0 bridgehead atoms. The molecule has 2 nitrogen and oxygen atoms in total. The van der Waals surface area contributed by atoms with Gasteiger partial charge in [0.05, 0.1) is 0 Å². The van der Waals surface area contributed by atoms with E-state index in [1.165, 1.54) is 49.8 Å². The Kier molecular flexibility index (Phi) is 4.19. The van der Waals surface area contributed by atoms with Crippen LogP contribution in [0, 0.1) is 5.92 Å². The molecule has 0 aromatic heterocycles. The van der Waals surface area contributed by atoms with Crippen LogP contribution in [0.25, 0.3) is 0 Å². The van der Waals surface area contributed by atoms with Crippen LogP contribution in [0.3, 0.4) is 0 Å². The monoisotopic (exact) mass is 258 g/mol. The Morgan fingerprint density at radius 1 is 1.11 bits per heavy atom. The molecule has 2 fully saturated rings. The van der Waals surface area contributed by atoms with Gasteiger partial charge >= 0.3 is 0 Å². The minimum atomic E-state index is 0.824. The van der Waals surface area contributed by atoms with Crippen molar-refractivity contribution in [1.29, 1.82) is 0 Å². The van der Waals surface area contributed by atoms with Crippen molar-refractivity contribution in [3.63, 3.8) is 0 Å². The summed E-state index contributed by atoms with van der Waals surface area (Å²) in [6, 6.07) is 9.78. The van der Waals surface area contributed by atoms with Gasteiger partial charge in [0, 0.05) is 19.1 Å².